The standard InChI is InChI=1S/C28H41N3O5S/c1-6-8-19-29-28(33)22(3)30(21-24-13-17-26(36-4)18-14-24)27(32)10-9-20-31(37(5,34)35)25-15-11-23(7-2)12-16-25/h11-18,22H,6-10,19-21H2,1-5H3,(H,29,33). The van der Waals surface area contributed by atoms with E-state index in [2.05, 4.69) is 5.32 Å². The van der Waals surface area contributed by atoms with Crippen molar-refractivity contribution in [3.05, 3.63) is 59.7 Å². The Labute approximate surface area is 222 Å². The molecule has 2 aromatic carbocycles. The number of aryl methyl sites for hydroxylation is 1. The van der Waals surface area contributed by atoms with Gasteiger partial charge in [0.1, 0.15) is 11.8 Å². The number of nitrogens with one attached hydrogen (secondary N) is 1. The first kappa shape index (κ1) is 30.2. The van der Waals surface area contributed by atoms with E-state index < -0.39 is 16.1 Å². The van der Waals surface area contributed by atoms with E-state index in [0.717, 1.165) is 30.4 Å². The van der Waals surface area contributed by atoms with Crippen molar-refractivity contribution in [2.75, 3.05) is 30.8 Å². The van der Waals surface area contributed by atoms with Crippen LogP contribution in [0, 0.1) is 0 Å². The molecule has 8 nitrogen and oxygen atoms in total. The van der Waals surface area contributed by atoms with E-state index in [0.29, 0.717) is 24.4 Å². The van der Waals surface area contributed by atoms with E-state index in [4.69, 9.17) is 4.74 Å². The highest BCUT2D eigenvalue weighted by atomic mass is 32.2. The summed E-state index contributed by atoms with van der Waals surface area (Å²) in [5.74, 6) is 0.299. The smallest absolute Gasteiger partial charge is 0.242 e. The second kappa shape index (κ2) is 14.6. The summed E-state index contributed by atoms with van der Waals surface area (Å²) in [5, 5.41) is 2.91. The van der Waals surface area contributed by atoms with Gasteiger partial charge in [-0.05, 0) is 61.6 Å². The zero-order chi connectivity index (χ0) is 27.4. The van der Waals surface area contributed by atoms with Crippen molar-refractivity contribution in [1.82, 2.24) is 10.2 Å². The fourth-order valence-electron chi connectivity index (χ4n) is 3.95. The lowest BCUT2D eigenvalue weighted by atomic mass is 10.1. The van der Waals surface area contributed by atoms with Crippen LogP contribution < -0.4 is 14.4 Å². The van der Waals surface area contributed by atoms with Crippen molar-refractivity contribution in [3.63, 3.8) is 0 Å². The maximum absolute atomic E-state index is 13.4. The number of methoxy groups -OCH3 is 1. The van der Waals surface area contributed by atoms with Gasteiger partial charge in [-0.15, -0.1) is 0 Å². The Balaban J connectivity index is 2.14. The van der Waals surface area contributed by atoms with Gasteiger partial charge in [-0.1, -0.05) is 44.5 Å². The predicted molar refractivity (Wildman–Crippen MR) is 148 cm³/mol. The van der Waals surface area contributed by atoms with Crippen LogP contribution in [-0.2, 0) is 32.6 Å². The lowest BCUT2D eigenvalue weighted by Crippen LogP contribution is -2.47. The Kier molecular flexibility index (Phi) is 11.9. The fraction of sp³-hybridized carbons (Fsp3) is 0.500. The first-order chi connectivity index (χ1) is 17.6. The zero-order valence-corrected chi connectivity index (χ0v) is 23.5. The van der Waals surface area contributed by atoms with Crippen LogP contribution >= 0.6 is 0 Å². The lowest BCUT2D eigenvalue weighted by Gasteiger charge is -2.29. The number of nitrogens with zero attached hydrogens (tertiary/aromatic N) is 2. The number of sulfonamides is 1. The minimum Gasteiger partial charge on any atom is -0.497 e. The number of anilines is 1. The van der Waals surface area contributed by atoms with Gasteiger partial charge in [-0.3, -0.25) is 13.9 Å². The van der Waals surface area contributed by atoms with Gasteiger partial charge in [0.2, 0.25) is 21.8 Å². The van der Waals surface area contributed by atoms with E-state index in [1.54, 1.807) is 31.1 Å². The third kappa shape index (κ3) is 9.39. The first-order valence-corrected chi connectivity index (χ1v) is 14.7. The molecule has 0 aliphatic rings. The van der Waals surface area contributed by atoms with Crippen molar-refractivity contribution in [1.29, 1.82) is 0 Å². The molecule has 2 amide bonds. The molecule has 0 saturated heterocycles. The number of benzene rings is 2. The molecule has 0 spiro atoms. The molecule has 0 saturated carbocycles. The third-order valence-electron chi connectivity index (χ3n) is 6.29. The number of amides is 2. The van der Waals surface area contributed by atoms with Gasteiger partial charge in [0.15, 0.2) is 0 Å². The maximum Gasteiger partial charge on any atom is 0.242 e. The van der Waals surface area contributed by atoms with E-state index in [-0.39, 0.29) is 31.3 Å². The van der Waals surface area contributed by atoms with Crippen molar-refractivity contribution in [2.24, 2.45) is 0 Å². The third-order valence-corrected chi connectivity index (χ3v) is 7.49. The molecule has 0 fully saturated rings. The lowest BCUT2D eigenvalue weighted by molar-refractivity contribution is -0.140. The summed E-state index contributed by atoms with van der Waals surface area (Å²) in [7, 11) is -1.93. The Morgan fingerprint density at radius 1 is 0.973 bits per heavy atom. The van der Waals surface area contributed by atoms with Gasteiger partial charge in [-0.25, -0.2) is 8.42 Å². The normalized spacial score (nSPS) is 12.0. The van der Waals surface area contributed by atoms with E-state index >= 15 is 0 Å². The average Bonchev–Trinajstić information content (AvgIpc) is 2.89. The number of carbonyl (C=O) groups is 2. The molecule has 9 heteroatoms. The number of ether oxygens (including phenoxy) is 1. The fourth-order valence-corrected chi connectivity index (χ4v) is 4.91. The van der Waals surface area contributed by atoms with Crippen molar-refractivity contribution >= 4 is 27.5 Å². The molecular formula is C28H41N3O5S. The number of carbonyl (C=O) groups excluding carboxylic acids is 2. The minimum absolute atomic E-state index is 0.113. The van der Waals surface area contributed by atoms with Crippen LogP contribution in [0.1, 0.15) is 57.6 Å². The van der Waals surface area contributed by atoms with Gasteiger partial charge < -0.3 is 15.0 Å². The minimum atomic E-state index is -3.52. The molecule has 0 bridgehead atoms. The summed E-state index contributed by atoms with van der Waals surface area (Å²) in [6, 6.07) is 14.1. The number of unbranched alkanes of at least 4 members (excludes halogenated alkanes) is 1. The molecule has 0 aliphatic heterocycles. The summed E-state index contributed by atoms with van der Waals surface area (Å²) in [6.07, 6.45) is 4.29. The summed E-state index contributed by atoms with van der Waals surface area (Å²) in [6.45, 7) is 6.80. The highest BCUT2D eigenvalue weighted by Gasteiger charge is 2.26. The Morgan fingerprint density at radius 3 is 2.14 bits per heavy atom. The van der Waals surface area contributed by atoms with E-state index in [1.807, 2.05) is 50.2 Å². The van der Waals surface area contributed by atoms with E-state index in [9.17, 15) is 18.0 Å². The highest BCUT2D eigenvalue weighted by molar-refractivity contribution is 7.92. The van der Waals surface area contributed by atoms with Gasteiger partial charge in [-0.2, -0.15) is 0 Å². The first-order valence-electron chi connectivity index (χ1n) is 12.9. The molecular weight excluding hydrogens is 490 g/mol. The van der Waals surface area contributed by atoms with Gasteiger partial charge >= 0.3 is 0 Å². The Bertz CT molecular complexity index is 1100. The molecule has 1 atom stereocenters. The average molecular weight is 532 g/mol. The summed E-state index contributed by atoms with van der Waals surface area (Å²) in [5.41, 5.74) is 2.56. The zero-order valence-electron chi connectivity index (χ0n) is 22.7. The van der Waals surface area contributed by atoms with Crippen LogP contribution in [0.15, 0.2) is 48.5 Å². The maximum atomic E-state index is 13.4. The number of rotatable bonds is 15. The monoisotopic (exact) mass is 531 g/mol. The Hall–Kier alpha value is -3.07. The van der Waals surface area contributed by atoms with Crippen molar-refractivity contribution in [2.45, 2.75) is 65.5 Å². The quantitative estimate of drug-likeness (QED) is 0.349. The summed E-state index contributed by atoms with van der Waals surface area (Å²) < 4.78 is 31.5. The molecule has 2 aromatic rings. The SMILES string of the molecule is CCCCNC(=O)C(C)N(Cc1ccc(OC)cc1)C(=O)CCCN(c1ccc(CC)cc1)S(C)(=O)=O. The van der Waals surface area contributed by atoms with Crippen molar-refractivity contribution < 1.29 is 22.7 Å². The molecule has 2 rings (SSSR count). The Morgan fingerprint density at radius 2 is 1.59 bits per heavy atom. The second-order valence-electron chi connectivity index (χ2n) is 9.15. The molecule has 0 radical (unpaired) electrons. The molecule has 37 heavy (non-hydrogen) atoms. The highest BCUT2D eigenvalue weighted by Crippen LogP contribution is 2.20. The number of hydrogen-bond acceptors (Lipinski definition) is 5. The molecule has 0 aromatic heterocycles. The molecule has 0 aliphatic carbocycles. The molecule has 0 heterocycles. The van der Waals surface area contributed by atoms with Crippen LogP contribution in [0.25, 0.3) is 0 Å². The van der Waals surface area contributed by atoms with Gasteiger partial charge in [0, 0.05) is 26.1 Å². The molecule has 1 N–H and O–H groups in total. The largest absolute Gasteiger partial charge is 0.497 e. The van der Waals surface area contributed by atoms with Crippen LogP contribution in [0.3, 0.4) is 0 Å². The van der Waals surface area contributed by atoms with Crippen LogP contribution in [-0.4, -0.2) is 57.6 Å². The van der Waals surface area contributed by atoms with Gasteiger partial charge in [0.05, 0.1) is 19.1 Å². The van der Waals surface area contributed by atoms with Gasteiger partial charge in [0.25, 0.3) is 0 Å². The van der Waals surface area contributed by atoms with E-state index in [1.165, 1.54) is 10.6 Å². The molecule has 204 valence electrons. The van der Waals surface area contributed by atoms with Crippen LogP contribution in [0.2, 0.25) is 0 Å². The van der Waals surface area contributed by atoms with Crippen molar-refractivity contribution in [3.8, 4) is 5.75 Å². The second-order valence-corrected chi connectivity index (χ2v) is 11.1. The van der Waals surface area contributed by atoms with Crippen LogP contribution in [0.5, 0.6) is 5.75 Å². The molecule has 1 unspecified atom stereocenters. The van der Waals surface area contributed by atoms with Crippen LogP contribution in [0.4, 0.5) is 5.69 Å². The predicted octanol–water partition coefficient (Wildman–Crippen LogP) is 4.14. The summed E-state index contributed by atoms with van der Waals surface area (Å²) in [4.78, 5) is 27.7. The number of hydrogen-bond donors (Lipinski definition) is 1. The summed E-state index contributed by atoms with van der Waals surface area (Å²) >= 11 is 0. The topological polar surface area (TPSA) is 96.0 Å².